The van der Waals surface area contributed by atoms with E-state index >= 15 is 0 Å². The van der Waals surface area contributed by atoms with Crippen LogP contribution < -0.4 is 9.47 Å². The number of hydrogen-bond donors (Lipinski definition) is 0. The van der Waals surface area contributed by atoms with Gasteiger partial charge in [-0.15, -0.1) is 0 Å². The molecule has 0 N–H and O–H groups in total. The Balaban J connectivity index is 1.62. The van der Waals surface area contributed by atoms with Crippen LogP contribution in [0.1, 0.15) is 37.5 Å². The number of nitrogens with zero attached hydrogens (tertiary/aromatic N) is 4. The zero-order valence-electron chi connectivity index (χ0n) is 24.8. The fourth-order valence-corrected chi connectivity index (χ4v) is 4.96. The van der Waals surface area contributed by atoms with Crippen LogP contribution in [-0.4, -0.2) is 39.7 Å². The Morgan fingerprint density at radius 1 is 0.977 bits per heavy atom. The molecule has 1 aliphatic rings. The zero-order valence-corrected chi connectivity index (χ0v) is 24.8. The van der Waals surface area contributed by atoms with E-state index < -0.39 is 11.8 Å². The van der Waals surface area contributed by atoms with Gasteiger partial charge in [-0.05, 0) is 92.9 Å². The van der Waals surface area contributed by atoms with Crippen LogP contribution in [0.5, 0.6) is 11.5 Å². The Morgan fingerprint density at radius 2 is 1.70 bits per heavy atom. The molecule has 0 aliphatic carbocycles. The molecule has 2 amide bonds. The minimum atomic E-state index is -0.616. The summed E-state index contributed by atoms with van der Waals surface area (Å²) in [4.78, 5) is 28.3. The number of rotatable bonds is 8. The number of para-hydroxylation sites is 1. The van der Waals surface area contributed by atoms with Crippen molar-refractivity contribution in [1.82, 2.24) is 14.7 Å². The lowest BCUT2D eigenvalue weighted by atomic mass is 9.93. The molecule has 3 aromatic carbocycles. The second kappa shape index (κ2) is 12.2. The summed E-state index contributed by atoms with van der Waals surface area (Å²) >= 11 is 0. The molecular weight excluding hydrogens is 540 g/mol. The maximum Gasteiger partial charge on any atom is 0.271 e. The van der Waals surface area contributed by atoms with Crippen molar-refractivity contribution < 1.29 is 19.1 Å². The number of hydrogen-bond acceptors (Lipinski definition) is 6. The van der Waals surface area contributed by atoms with Crippen molar-refractivity contribution in [3.8, 4) is 34.5 Å². The molecule has 43 heavy (non-hydrogen) atoms. The number of imide groups is 1. The highest BCUT2D eigenvalue weighted by Crippen LogP contribution is 2.33. The average molecular weight is 573 g/mol. The molecule has 0 unspecified atom stereocenters. The molecule has 216 valence electrons. The molecule has 0 atom stereocenters. The fourth-order valence-electron chi connectivity index (χ4n) is 4.96. The van der Waals surface area contributed by atoms with Gasteiger partial charge in [0.05, 0.1) is 31.1 Å². The number of methoxy groups -OCH3 is 1. The molecule has 1 aliphatic heterocycles. The van der Waals surface area contributed by atoms with E-state index in [1.807, 2.05) is 81.6 Å². The largest absolute Gasteiger partial charge is 0.497 e. The summed E-state index contributed by atoms with van der Waals surface area (Å²) in [7, 11) is 1.57. The lowest BCUT2D eigenvalue weighted by Gasteiger charge is -2.27. The summed E-state index contributed by atoms with van der Waals surface area (Å²) in [5, 5.41) is 14.8. The lowest BCUT2D eigenvalue weighted by molar-refractivity contribution is -0.141. The lowest BCUT2D eigenvalue weighted by Crippen LogP contribution is -2.42. The van der Waals surface area contributed by atoms with Crippen LogP contribution in [0.25, 0.3) is 23.0 Å². The highest BCUT2D eigenvalue weighted by molar-refractivity contribution is 6.19. The van der Waals surface area contributed by atoms with E-state index in [4.69, 9.17) is 14.6 Å². The minimum absolute atomic E-state index is 0.0180. The van der Waals surface area contributed by atoms with E-state index in [2.05, 4.69) is 0 Å². The molecule has 1 aromatic heterocycles. The maximum atomic E-state index is 13.9. The molecule has 5 rings (SSSR count). The van der Waals surface area contributed by atoms with Crippen molar-refractivity contribution in [1.29, 1.82) is 5.26 Å². The van der Waals surface area contributed by atoms with Crippen LogP contribution in [-0.2, 0) is 16.1 Å². The van der Waals surface area contributed by atoms with E-state index in [1.54, 1.807) is 49.1 Å². The number of aryl methyl sites for hydroxylation is 1. The first-order valence-electron chi connectivity index (χ1n) is 13.9. The van der Waals surface area contributed by atoms with Gasteiger partial charge >= 0.3 is 0 Å². The molecule has 0 radical (unpaired) electrons. The second-order valence-electron chi connectivity index (χ2n) is 10.6. The van der Waals surface area contributed by atoms with Gasteiger partial charge in [0.15, 0.2) is 0 Å². The summed E-state index contributed by atoms with van der Waals surface area (Å²) in [5.41, 5.74) is 5.21. The van der Waals surface area contributed by atoms with Crippen LogP contribution >= 0.6 is 0 Å². The predicted octanol–water partition coefficient (Wildman–Crippen LogP) is 6.44. The van der Waals surface area contributed by atoms with E-state index in [9.17, 15) is 14.9 Å². The van der Waals surface area contributed by atoms with Crippen molar-refractivity contribution in [2.45, 2.75) is 40.3 Å². The van der Waals surface area contributed by atoms with Crippen LogP contribution in [0.3, 0.4) is 0 Å². The Bertz CT molecular complexity index is 1790. The van der Waals surface area contributed by atoms with Crippen molar-refractivity contribution in [2.75, 3.05) is 7.11 Å². The summed E-state index contributed by atoms with van der Waals surface area (Å²) in [6, 6.07) is 24.7. The Morgan fingerprint density at radius 3 is 2.33 bits per heavy atom. The number of benzene rings is 3. The third-order valence-corrected chi connectivity index (χ3v) is 7.20. The van der Waals surface area contributed by atoms with Gasteiger partial charge in [0, 0.05) is 22.9 Å². The summed E-state index contributed by atoms with van der Waals surface area (Å²) < 4.78 is 12.9. The van der Waals surface area contributed by atoms with Crippen molar-refractivity contribution >= 4 is 17.9 Å². The topological polar surface area (TPSA) is 97.5 Å². The van der Waals surface area contributed by atoms with Gasteiger partial charge in [-0.2, -0.15) is 10.4 Å². The number of amides is 2. The summed E-state index contributed by atoms with van der Waals surface area (Å²) in [6.45, 7) is 7.59. The van der Waals surface area contributed by atoms with Crippen molar-refractivity contribution in [2.24, 2.45) is 0 Å². The Kier molecular flexibility index (Phi) is 8.26. The molecule has 0 bridgehead atoms. The quantitative estimate of drug-likeness (QED) is 0.178. The second-order valence-corrected chi connectivity index (χ2v) is 10.6. The smallest absolute Gasteiger partial charge is 0.271 e. The third-order valence-electron chi connectivity index (χ3n) is 7.20. The number of aromatic nitrogens is 2. The van der Waals surface area contributed by atoms with Crippen LogP contribution in [0.15, 0.2) is 95.7 Å². The molecule has 8 heteroatoms. The monoisotopic (exact) mass is 572 g/mol. The molecule has 0 spiro atoms. The summed E-state index contributed by atoms with van der Waals surface area (Å²) in [5.74, 6) is 0.354. The van der Waals surface area contributed by atoms with Crippen molar-refractivity contribution in [3.05, 3.63) is 112 Å². The number of nitriles is 1. The highest BCUT2D eigenvalue weighted by atomic mass is 16.5. The molecule has 0 saturated heterocycles. The van der Waals surface area contributed by atoms with Crippen molar-refractivity contribution in [3.63, 3.8) is 0 Å². The van der Waals surface area contributed by atoms with E-state index in [1.165, 1.54) is 0 Å². The SMILES string of the molecule is COc1ccc(CN2C(=O)C(C#N)=C(C)/C(=C\c3cn(-c4ccccc4)nc3-c3ccc(OC(C)C)c(C)c3)C2=O)cc1. The van der Waals surface area contributed by atoms with Gasteiger partial charge in [-0.1, -0.05) is 30.3 Å². The molecule has 4 aromatic rings. The third kappa shape index (κ3) is 5.97. The maximum absolute atomic E-state index is 13.9. The minimum Gasteiger partial charge on any atom is -0.497 e. The fraction of sp³-hybridized carbons (Fsp3) is 0.200. The highest BCUT2D eigenvalue weighted by Gasteiger charge is 2.35. The average Bonchev–Trinajstić information content (AvgIpc) is 3.43. The number of carbonyl (C=O) groups is 2. The first-order chi connectivity index (χ1) is 20.7. The van der Waals surface area contributed by atoms with E-state index in [0.717, 1.165) is 33.0 Å². The predicted molar refractivity (Wildman–Crippen MR) is 164 cm³/mol. The van der Waals surface area contributed by atoms with Gasteiger partial charge in [-0.3, -0.25) is 14.5 Å². The van der Waals surface area contributed by atoms with E-state index in [-0.39, 0.29) is 23.8 Å². The summed E-state index contributed by atoms with van der Waals surface area (Å²) in [6.07, 6.45) is 3.60. The first-order valence-corrected chi connectivity index (χ1v) is 13.9. The number of carbonyl (C=O) groups excluding carboxylic acids is 2. The molecule has 0 fully saturated rings. The molecular formula is C35H32N4O4. The van der Waals surface area contributed by atoms with Crippen LogP contribution in [0, 0.1) is 18.3 Å². The first kappa shape index (κ1) is 29.1. The normalized spacial score (nSPS) is 14.4. The van der Waals surface area contributed by atoms with Crippen LogP contribution in [0.2, 0.25) is 0 Å². The van der Waals surface area contributed by atoms with Gasteiger partial charge in [0.2, 0.25) is 0 Å². The molecule has 8 nitrogen and oxygen atoms in total. The van der Waals surface area contributed by atoms with Crippen LogP contribution in [0.4, 0.5) is 0 Å². The molecule has 0 saturated carbocycles. The Hall–Kier alpha value is -5.42. The van der Waals surface area contributed by atoms with Gasteiger partial charge in [0.1, 0.15) is 23.1 Å². The Labute approximate surface area is 251 Å². The molecule has 2 heterocycles. The number of ether oxygens (including phenoxy) is 2. The van der Waals surface area contributed by atoms with Gasteiger partial charge in [-0.25, -0.2) is 4.68 Å². The van der Waals surface area contributed by atoms with E-state index in [0.29, 0.717) is 22.6 Å². The van der Waals surface area contributed by atoms with Gasteiger partial charge in [0.25, 0.3) is 11.8 Å². The standard InChI is InChI=1S/C35H32N4O4/c1-22(2)43-32-16-13-26(17-23(32)3)33-27(21-39(37-33)28-9-7-6-8-10-28)18-30-24(4)31(19-36)35(41)38(34(30)40)20-25-11-14-29(42-5)15-12-25/h6-18,21-22H,20H2,1-5H3/b30-18+. The van der Waals surface area contributed by atoms with Gasteiger partial charge < -0.3 is 9.47 Å². The zero-order chi connectivity index (χ0) is 30.7.